The molecule has 1 aromatic carbocycles. The number of nitrogens with zero attached hydrogens (tertiary/aromatic N) is 4. The Morgan fingerprint density at radius 1 is 1.26 bits per heavy atom. The lowest BCUT2D eigenvalue weighted by molar-refractivity contribution is 0.245. The monoisotopic (exact) mass is 493 g/mol. The Morgan fingerprint density at radius 3 is 2.52 bits per heavy atom. The van der Waals surface area contributed by atoms with Gasteiger partial charge in [-0.1, -0.05) is 0 Å². The van der Waals surface area contributed by atoms with Gasteiger partial charge in [-0.15, -0.1) is 24.0 Å². The van der Waals surface area contributed by atoms with Gasteiger partial charge in [-0.2, -0.15) is 0 Å². The van der Waals surface area contributed by atoms with Crippen LogP contribution in [0.4, 0.5) is 14.5 Å². The maximum atomic E-state index is 14.0. The molecule has 0 aromatic heterocycles. The number of aliphatic imine (C=N–C) groups is 1. The van der Waals surface area contributed by atoms with Crippen molar-refractivity contribution in [2.45, 2.75) is 31.8 Å². The molecule has 1 atom stereocenters. The molecular formula is C19H30F2IN5. The smallest absolute Gasteiger partial charge is 0.193 e. The number of hydrogen-bond donors (Lipinski definition) is 1. The first-order valence-electron chi connectivity index (χ1n) is 9.37. The van der Waals surface area contributed by atoms with Gasteiger partial charge in [-0.25, -0.2) is 8.78 Å². The van der Waals surface area contributed by atoms with Gasteiger partial charge in [-0.05, 0) is 38.9 Å². The molecule has 0 spiro atoms. The Labute approximate surface area is 177 Å². The van der Waals surface area contributed by atoms with Crippen molar-refractivity contribution in [2.24, 2.45) is 4.99 Å². The van der Waals surface area contributed by atoms with Crippen molar-refractivity contribution in [3.8, 4) is 0 Å². The molecule has 3 rings (SSSR count). The summed E-state index contributed by atoms with van der Waals surface area (Å²) in [5.41, 5.74) is 0.340. The molecule has 1 aliphatic carbocycles. The molecule has 1 saturated carbocycles. The molecule has 1 aliphatic heterocycles. The summed E-state index contributed by atoms with van der Waals surface area (Å²) in [6, 6.07) is 4.80. The predicted octanol–water partition coefficient (Wildman–Crippen LogP) is 2.76. The highest BCUT2D eigenvalue weighted by molar-refractivity contribution is 14.0. The summed E-state index contributed by atoms with van der Waals surface area (Å²) in [6.45, 7) is 5.80. The van der Waals surface area contributed by atoms with Crippen molar-refractivity contribution in [3.63, 3.8) is 0 Å². The van der Waals surface area contributed by atoms with Crippen LogP contribution in [0.25, 0.3) is 0 Å². The van der Waals surface area contributed by atoms with E-state index in [4.69, 9.17) is 0 Å². The summed E-state index contributed by atoms with van der Waals surface area (Å²) in [5.74, 6) is 0.0924. The first-order chi connectivity index (χ1) is 12.5. The Hall–Kier alpha value is -1.16. The number of halogens is 3. The van der Waals surface area contributed by atoms with E-state index in [1.54, 1.807) is 7.05 Å². The van der Waals surface area contributed by atoms with E-state index in [-0.39, 0.29) is 29.8 Å². The molecule has 2 fully saturated rings. The van der Waals surface area contributed by atoms with Crippen LogP contribution in [0.2, 0.25) is 0 Å². The zero-order chi connectivity index (χ0) is 18.7. The third kappa shape index (κ3) is 5.66. The topological polar surface area (TPSA) is 34.1 Å². The van der Waals surface area contributed by atoms with Crippen molar-refractivity contribution in [2.75, 3.05) is 51.7 Å². The average molecular weight is 493 g/mol. The molecule has 1 aromatic rings. The average Bonchev–Trinajstić information content (AvgIpc) is 3.49. The first kappa shape index (κ1) is 22.1. The molecule has 1 unspecified atom stereocenters. The number of benzene rings is 1. The Balaban J connectivity index is 0.00000261. The van der Waals surface area contributed by atoms with Gasteiger partial charge < -0.3 is 15.1 Å². The van der Waals surface area contributed by atoms with Gasteiger partial charge in [0.25, 0.3) is 0 Å². The fraction of sp³-hybridized carbons (Fsp3) is 0.632. The number of piperazine rings is 1. The highest BCUT2D eigenvalue weighted by Gasteiger charge is 2.29. The summed E-state index contributed by atoms with van der Waals surface area (Å²) < 4.78 is 27.4. The second-order valence-corrected chi connectivity index (χ2v) is 7.24. The van der Waals surface area contributed by atoms with Gasteiger partial charge in [0.15, 0.2) is 5.96 Å². The Kier molecular flexibility index (Phi) is 8.08. The minimum Gasteiger partial charge on any atom is -0.366 e. The Morgan fingerprint density at radius 2 is 1.93 bits per heavy atom. The maximum Gasteiger partial charge on any atom is 0.193 e. The fourth-order valence-corrected chi connectivity index (χ4v) is 3.44. The van der Waals surface area contributed by atoms with Crippen LogP contribution in [0.1, 0.15) is 19.8 Å². The van der Waals surface area contributed by atoms with Gasteiger partial charge in [0.1, 0.15) is 11.6 Å². The van der Waals surface area contributed by atoms with Crippen LogP contribution in [0, 0.1) is 11.6 Å². The number of hydrogen-bond acceptors (Lipinski definition) is 3. The van der Waals surface area contributed by atoms with Crippen LogP contribution < -0.4 is 10.2 Å². The van der Waals surface area contributed by atoms with Crippen LogP contribution in [0.3, 0.4) is 0 Å². The molecule has 5 nitrogen and oxygen atoms in total. The second kappa shape index (κ2) is 9.86. The van der Waals surface area contributed by atoms with Crippen LogP contribution in [0.5, 0.6) is 0 Å². The van der Waals surface area contributed by atoms with E-state index in [0.29, 0.717) is 24.8 Å². The van der Waals surface area contributed by atoms with Gasteiger partial charge in [0, 0.05) is 57.9 Å². The number of likely N-dealkylation sites (N-methyl/N-ethyl adjacent to an activating group) is 1. The van der Waals surface area contributed by atoms with Crippen LogP contribution in [-0.4, -0.2) is 74.7 Å². The third-order valence-electron chi connectivity index (χ3n) is 5.41. The van der Waals surface area contributed by atoms with Crippen molar-refractivity contribution >= 4 is 35.6 Å². The molecular weight excluding hydrogens is 463 g/mol. The number of nitrogens with one attached hydrogen (secondary N) is 1. The number of rotatable bonds is 5. The minimum absolute atomic E-state index is 0. The van der Waals surface area contributed by atoms with Gasteiger partial charge in [-0.3, -0.25) is 9.89 Å². The molecule has 27 heavy (non-hydrogen) atoms. The van der Waals surface area contributed by atoms with E-state index in [1.807, 2.05) is 4.90 Å². The lowest BCUT2D eigenvalue weighted by Gasteiger charge is -2.38. The maximum absolute atomic E-state index is 14.0. The van der Waals surface area contributed by atoms with E-state index in [1.165, 1.54) is 25.0 Å². The van der Waals surface area contributed by atoms with E-state index in [9.17, 15) is 8.78 Å². The summed E-state index contributed by atoms with van der Waals surface area (Å²) in [7, 11) is 3.97. The second-order valence-electron chi connectivity index (χ2n) is 7.24. The molecule has 152 valence electrons. The predicted molar refractivity (Wildman–Crippen MR) is 117 cm³/mol. The highest BCUT2D eigenvalue weighted by atomic mass is 127. The number of guanidine groups is 1. The van der Waals surface area contributed by atoms with Gasteiger partial charge >= 0.3 is 0 Å². The van der Waals surface area contributed by atoms with Crippen molar-refractivity contribution in [1.29, 1.82) is 0 Å². The molecule has 8 heteroatoms. The largest absolute Gasteiger partial charge is 0.366 e. The van der Waals surface area contributed by atoms with E-state index in [0.717, 1.165) is 37.7 Å². The molecule has 2 aliphatic rings. The molecule has 1 saturated heterocycles. The summed E-state index contributed by atoms with van der Waals surface area (Å²) in [4.78, 5) is 10.9. The fourth-order valence-electron chi connectivity index (χ4n) is 3.44. The van der Waals surface area contributed by atoms with Gasteiger partial charge in [0.2, 0.25) is 0 Å². The quantitative estimate of drug-likeness (QED) is 0.389. The molecule has 1 heterocycles. The van der Waals surface area contributed by atoms with E-state index in [2.05, 4.69) is 34.1 Å². The lowest BCUT2D eigenvalue weighted by Crippen LogP contribution is -2.54. The SMILES string of the molecule is CN=C(NCC(C)N(C)C1CC1)N1CCN(c2cc(F)ccc2F)CC1.I. The standard InChI is InChI=1S/C19H29F2N5.HI/c1-14(24(3)16-5-6-16)13-23-19(22-2)26-10-8-25(9-11-26)18-12-15(20)4-7-17(18)21;/h4,7,12,14,16H,5-6,8-11,13H2,1-3H3,(H,22,23);1H. The minimum atomic E-state index is -0.407. The van der Waals surface area contributed by atoms with E-state index < -0.39 is 5.82 Å². The molecule has 0 amide bonds. The van der Waals surface area contributed by atoms with Crippen molar-refractivity contribution < 1.29 is 8.78 Å². The zero-order valence-electron chi connectivity index (χ0n) is 16.3. The van der Waals surface area contributed by atoms with E-state index >= 15 is 0 Å². The molecule has 0 bridgehead atoms. The summed E-state index contributed by atoms with van der Waals surface area (Å²) in [5, 5.41) is 3.46. The van der Waals surface area contributed by atoms with Gasteiger partial charge in [0.05, 0.1) is 5.69 Å². The molecule has 1 N–H and O–H groups in total. The summed E-state index contributed by atoms with van der Waals surface area (Å²) in [6.07, 6.45) is 2.60. The third-order valence-corrected chi connectivity index (χ3v) is 5.41. The van der Waals surface area contributed by atoms with Crippen LogP contribution in [-0.2, 0) is 0 Å². The Bertz CT molecular complexity index is 645. The molecule has 0 radical (unpaired) electrons. The zero-order valence-corrected chi connectivity index (χ0v) is 18.6. The van der Waals surface area contributed by atoms with Crippen molar-refractivity contribution in [1.82, 2.24) is 15.1 Å². The van der Waals surface area contributed by atoms with Crippen molar-refractivity contribution in [3.05, 3.63) is 29.8 Å². The lowest BCUT2D eigenvalue weighted by atomic mass is 10.2. The highest BCUT2D eigenvalue weighted by Crippen LogP contribution is 2.26. The van der Waals surface area contributed by atoms with Crippen LogP contribution >= 0.6 is 24.0 Å². The first-order valence-corrected chi connectivity index (χ1v) is 9.37. The normalized spacial score (nSPS) is 19.1. The van der Waals surface area contributed by atoms with Crippen LogP contribution in [0.15, 0.2) is 23.2 Å². The summed E-state index contributed by atoms with van der Waals surface area (Å²) >= 11 is 0. The number of anilines is 1.